The highest BCUT2D eigenvalue weighted by molar-refractivity contribution is 5.72. The molecule has 0 saturated heterocycles. The van der Waals surface area contributed by atoms with Crippen molar-refractivity contribution in [3.05, 3.63) is 40.3 Å². The molecular weight excluding hydrogens is 222 g/mol. The Balaban J connectivity index is 2.44. The first-order chi connectivity index (χ1) is 8.26. The summed E-state index contributed by atoms with van der Waals surface area (Å²) in [6.07, 6.45) is 0.246. The van der Waals surface area contributed by atoms with Crippen molar-refractivity contribution in [3.8, 4) is 5.75 Å². The second-order valence-electron chi connectivity index (χ2n) is 3.20. The third-order valence-corrected chi connectivity index (χ3v) is 2.02. The van der Waals surface area contributed by atoms with E-state index < -0.39 is 0 Å². The minimum atomic E-state index is -0.276. The van der Waals surface area contributed by atoms with Gasteiger partial charge in [0.2, 0.25) is 0 Å². The van der Waals surface area contributed by atoms with E-state index in [9.17, 15) is 4.79 Å². The predicted molar refractivity (Wildman–Crippen MR) is 61.7 cm³/mol. The van der Waals surface area contributed by atoms with Crippen LogP contribution >= 0.6 is 0 Å². The van der Waals surface area contributed by atoms with Crippen molar-refractivity contribution in [2.45, 2.75) is 6.42 Å². The highest BCUT2D eigenvalue weighted by atomic mass is 16.5. The molecule has 0 bridgehead atoms. The Bertz CT molecular complexity index is 410. The van der Waals surface area contributed by atoms with Gasteiger partial charge in [-0.05, 0) is 23.2 Å². The van der Waals surface area contributed by atoms with E-state index in [1.165, 1.54) is 7.11 Å². The standard InChI is InChI=1S/C11H13N3O3/c1-16-11(15)8-9-2-4-10(5-3-9)17-7-6-13-14-12/h2-5H,6-8H2,1H3. The molecule has 0 amide bonds. The van der Waals surface area contributed by atoms with E-state index in [1.54, 1.807) is 24.3 Å². The van der Waals surface area contributed by atoms with Gasteiger partial charge in [0, 0.05) is 4.91 Å². The molecule has 1 aromatic rings. The minimum absolute atomic E-state index is 0.246. The summed E-state index contributed by atoms with van der Waals surface area (Å²) in [7, 11) is 1.36. The van der Waals surface area contributed by atoms with Crippen molar-refractivity contribution in [1.82, 2.24) is 0 Å². The maximum atomic E-state index is 11.0. The van der Waals surface area contributed by atoms with Crippen LogP contribution in [-0.2, 0) is 16.0 Å². The number of hydrogen-bond acceptors (Lipinski definition) is 4. The summed E-state index contributed by atoms with van der Waals surface area (Å²) in [5, 5.41) is 3.35. The molecule has 0 aliphatic rings. The molecule has 1 rings (SSSR count). The number of azide groups is 1. The van der Waals surface area contributed by atoms with Gasteiger partial charge in [-0.15, -0.1) is 0 Å². The fraction of sp³-hybridized carbons (Fsp3) is 0.364. The SMILES string of the molecule is COC(=O)Cc1ccc(OCCN=[N+]=[N-])cc1. The van der Waals surface area contributed by atoms with Crippen LogP contribution in [0.5, 0.6) is 5.75 Å². The Morgan fingerprint density at radius 1 is 1.41 bits per heavy atom. The van der Waals surface area contributed by atoms with Gasteiger partial charge < -0.3 is 9.47 Å². The largest absolute Gasteiger partial charge is 0.493 e. The summed E-state index contributed by atoms with van der Waals surface area (Å²) in [6, 6.07) is 7.10. The number of hydrogen-bond donors (Lipinski definition) is 0. The van der Waals surface area contributed by atoms with Crippen molar-refractivity contribution in [3.63, 3.8) is 0 Å². The van der Waals surface area contributed by atoms with Crippen LogP contribution < -0.4 is 4.74 Å². The van der Waals surface area contributed by atoms with E-state index in [0.717, 1.165) is 5.56 Å². The van der Waals surface area contributed by atoms with Crippen molar-refractivity contribution in [2.75, 3.05) is 20.3 Å². The predicted octanol–water partition coefficient (Wildman–Crippen LogP) is 2.09. The van der Waals surface area contributed by atoms with Crippen LogP contribution in [0.1, 0.15) is 5.56 Å². The van der Waals surface area contributed by atoms with Crippen LogP contribution in [-0.4, -0.2) is 26.2 Å². The zero-order valence-corrected chi connectivity index (χ0v) is 9.50. The molecule has 0 saturated carbocycles. The van der Waals surface area contributed by atoms with E-state index in [4.69, 9.17) is 10.3 Å². The third-order valence-electron chi connectivity index (χ3n) is 2.02. The van der Waals surface area contributed by atoms with Crippen molar-refractivity contribution in [2.24, 2.45) is 5.11 Å². The van der Waals surface area contributed by atoms with Crippen molar-refractivity contribution < 1.29 is 14.3 Å². The molecule has 0 aromatic heterocycles. The normalized spacial score (nSPS) is 9.24. The summed E-state index contributed by atoms with van der Waals surface area (Å²) >= 11 is 0. The Morgan fingerprint density at radius 3 is 2.71 bits per heavy atom. The Labute approximate surface area is 98.8 Å². The molecule has 0 aliphatic carbocycles. The van der Waals surface area contributed by atoms with Crippen LogP contribution in [0.15, 0.2) is 29.4 Å². The van der Waals surface area contributed by atoms with E-state index in [2.05, 4.69) is 14.8 Å². The zero-order chi connectivity index (χ0) is 12.5. The van der Waals surface area contributed by atoms with Gasteiger partial charge in [0.25, 0.3) is 0 Å². The minimum Gasteiger partial charge on any atom is -0.493 e. The number of esters is 1. The maximum Gasteiger partial charge on any atom is 0.309 e. The highest BCUT2D eigenvalue weighted by Gasteiger charge is 2.02. The van der Waals surface area contributed by atoms with Gasteiger partial charge in [0.1, 0.15) is 5.75 Å². The molecule has 0 atom stereocenters. The van der Waals surface area contributed by atoms with E-state index in [1.807, 2.05) is 0 Å². The quantitative estimate of drug-likeness (QED) is 0.249. The Kier molecular flexibility index (Phi) is 5.40. The lowest BCUT2D eigenvalue weighted by atomic mass is 10.1. The second kappa shape index (κ2) is 7.14. The summed E-state index contributed by atoms with van der Waals surface area (Å²) < 4.78 is 9.87. The molecule has 0 aliphatic heterocycles. The average molecular weight is 235 g/mol. The summed E-state index contributed by atoms with van der Waals surface area (Å²) in [6.45, 7) is 0.626. The number of nitrogens with zero attached hydrogens (tertiary/aromatic N) is 3. The molecule has 0 heterocycles. The first-order valence-corrected chi connectivity index (χ1v) is 5.05. The van der Waals surface area contributed by atoms with Crippen molar-refractivity contribution in [1.29, 1.82) is 0 Å². The fourth-order valence-corrected chi connectivity index (χ4v) is 1.19. The van der Waals surface area contributed by atoms with Gasteiger partial charge in [-0.25, -0.2) is 0 Å². The molecule has 1 aromatic carbocycles. The monoisotopic (exact) mass is 235 g/mol. The molecule has 0 radical (unpaired) electrons. The van der Waals surface area contributed by atoms with Crippen molar-refractivity contribution >= 4 is 5.97 Å². The molecule has 0 N–H and O–H groups in total. The van der Waals surface area contributed by atoms with Crippen LogP contribution in [0.2, 0.25) is 0 Å². The van der Waals surface area contributed by atoms with Crippen LogP contribution in [0, 0.1) is 0 Å². The molecule has 90 valence electrons. The molecular formula is C11H13N3O3. The molecule has 6 nitrogen and oxygen atoms in total. The highest BCUT2D eigenvalue weighted by Crippen LogP contribution is 2.12. The lowest BCUT2D eigenvalue weighted by Crippen LogP contribution is -2.04. The van der Waals surface area contributed by atoms with Gasteiger partial charge in [-0.1, -0.05) is 17.2 Å². The summed E-state index contributed by atoms with van der Waals surface area (Å²) in [4.78, 5) is 13.6. The van der Waals surface area contributed by atoms with Gasteiger partial charge in [0.05, 0.1) is 26.7 Å². The molecule has 6 heteroatoms. The smallest absolute Gasteiger partial charge is 0.309 e. The van der Waals surface area contributed by atoms with Crippen LogP contribution in [0.25, 0.3) is 10.4 Å². The fourth-order valence-electron chi connectivity index (χ4n) is 1.19. The lowest BCUT2D eigenvalue weighted by Gasteiger charge is -2.05. The zero-order valence-electron chi connectivity index (χ0n) is 9.50. The molecule has 17 heavy (non-hydrogen) atoms. The number of ether oxygens (including phenoxy) is 2. The number of rotatable bonds is 6. The molecule has 0 fully saturated rings. The number of methoxy groups -OCH3 is 1. The summed E-state index contributed by atoms with van der Waals surface area (Å²) in [5.41, 5.74) is 8.93. The molecule has 0 unspecified atom stereocenters. The van der Waals surface area contributed by atoms with E-state index in [-0.39, 0.29) is 12.4 Å². The van der Waals surface area contributed by atoms with Gasteiger partial charge in [-0.2, -0.15) is 0 Å². The van der Waals surface area contributed by atoms with Gasteiger partial charge in [0.15, 0.2) is 0 Å². The van der Waals surface area contributed by atoms with E-state index in [0.29, 0.717) is 18.9 Å². The Hall–Kier alpha value is -2.20. The Morgan fingerprint density at radius 2 is 2.12 bits per heavy atom. The number of carbonyl (C=O) groups is 1. The summed E-state index contributed by atoms with van der Waals surface area (Å²) in [5.74, 6) is 0.397. The third kappa shape index (κ3) is 4.90. The number of benzene rings is 1. The van der Waals surface area contributed by atoms with Gasteiger partial charge >= 0.3 is 5.97 Å². The molecule has 0 spiro atoms. The topological polar surface area (TPSA) is 84.3 Å². The van der Waals surface area contributed by atoms with Crippen LogP contribution in [0.4, 0.5) is 0 Å². The van der Waals surface area contributed by atoms with Crippen LogP contribution in [0.3, 0.4) is 0 Å². The van der Waals surface area contributed by atoms with Gasteiger partial charge in [-0.3, -0.25) is 4.79 Å². The number of carbonyl (C=O) groups excluding carboxylic acids is 1. The average Bonchev–Trinajstić information content (AvgIpc) is 2.36. The first kappa shape index (κ1) is 12.9. The first-order valence-electron chi connectivity index (χ1n) is 5.05. The lowest BCUT2D eigenvalue weighted by molar-refractivity contribution is -0.139. The second-order valence-corrected chi connectivity index (χ2v) is 3.20. The van der Waals surface area contributed by atoms with E-state index >= 15 is 0 Å². The maximum absolute atomic E-state index is 11.0.